The summed E-state index contributed by atoms with van der Waals surface area (Å²) in [6.45, 7) is 3.16. The first-order valence-corrected chi connectivity index (χ1v) is 8.11. The van der Waals surface area contributed by atoms with Crippen LogP contribution in [-0.2, 0) is 20.1 Å². The molecule has 1 aliphatic rings. The van der Waals surface area contributed by atoms with Gasteiger partial charge < -0.3 is 15.6 Å². The summed E-state index contributed by atoms with van der Waals surface area (Å²) < 4.78 is 14.9. The SMILES string of the molecule is C[C@H](c1ncc(F)cn1)N1Cc2nc(N)nc(Nc3cn(C)cn3)c2C1. The van der Waals surface area contributed by atoms with Crippen molar-refractivity contribution in [3.8, 4) is 0 Å². The van der Waals surface area contributed by atoms with Crippen LogP contribution in [0.3, 0.4) is 0 Å². The molecule has 4 heterocycles. The van der Waals surface area contributed by atoms with Crippen LogP contribution in [-0.4, -0.2) is 34.4 Å². The van der Waals surface area contributed by atoms with Crippen molar-refractivity contribution in [3.63, 3.8) is 0 Å². The molecule has 10 heteroatoms. The van der Waals surface area contributed by atoms with Crippen LogP contribution in [0.5, 0.6) is 0 Å². The number of nitrogens with zero attached hydrogens (tertiary/aromatic N) is 7. The maximum absolute atomic E-state index is 13.1. The van der Waals surface area contributed by atoms with Crippen LogP contribution in [0.2, 0.25) is 0 Å². The molecule has 0 unspecified atom stereocenters. The van der Waals surface area contributed by atoms with Crippen LogP contribution in [0.25, 0.3) is 0 Å². The number of rotatable bonds is 4. The van der Waals surface area contributed by atoms with Gasteiger partial charge in [-0.2, -0.15) is 4.98 Å². The van der Waals surface area contributed by atoms with E-state index in [0.717, 1.165) is 11.3 Å². The number of nitrogen functional groups attached to an aromatic ring is 1. The number of imidazole rings is 1. The number of anilines is 3. The van der Waals surface area contributed by atoms with Crippen molar-refractivity contribution in [2.45, 2.75) is 26.1 Å². The van der Waals surface area contributed by atoms with E-state index in [1.807, 2.05) is 24.7 Å². The summed E-state index contributed by atoms with van der Waals surface area (Å²) in [5.74, 6) is 1.63. The number of hydrogen-bond acceptors (Lipinski definition) is 8. The zero-order valence-electron chi connectivity index (χ0n) is 14.4. The number of hydrogen-bond donors (Lipinski definition) is 2. The Morgan fingerprint density at radius 3 is 2.65 bits per heavy atom. The van der Waals surface area contributed by atoms with E-state index in [1.165, 1.54) is 12.4 Å². The van der Waals surface area contributed by atoms with Crippen LogP contribution >= 0.6 is 0 Å². The Balaban J connectivity index is 1.59. The van der Waals surface area contributed by atoms with Crippen LogP contribution in [0.15, 0.2) is 24.9 Å². The smallest absolute Gasteiger partial charge is 0.222 e. The predicted molar refractivity (Wildman–Crippen MR) is 92.6 cm³/mol. The molecule has 0 fully saturated rings. The number of halogens is 1. The maximum atomic E-state index is 13.1. The number of aryl methyl sites for hydroxylation is 1. The summed E-state index contributed by atoms with van der Waals surface area (Å²) in [5.41, 5.74) is 7.68. The molecule has 0 spiro atoms. The third kappa shape index (κ3) is 3.06. The molecular weight excluding hydrogens is 337 g/mol. The van der Waals surface area contributed by atoms with E-state index in [2.05, 4.69) is 35.1 Å². The van der Waals surface area contributed by atoms with Crippen molar-refractivity contribution in [3.05, 3.63) is 47.8 Å². The fourth-order valence-corrected chi connectivity index (χ4v) is 2.97. The highest BCUT2D eigenvalue weighted by atomic mass is 19.1. The van der Waals surface area contributed by atoms with Crippen molar-refractivity contribution < 1.29 is 4.39 Å². The highest BCUT2D eigenvalue weighted by Crippen LogP contribution is 2.33. The lowest BCUT2D eigenvalue weighted by molar-refractivity contribution is 0.205. The largest absolute Gasteiger partial charge is 0.368 e. The summed E-state index contributed by atoms with van der Waals surface area (Å²) >= 11 is 0. The maximum Gasteiger partial charge on any atom is 0.222 e. The summed E-state index contributed by atoms with van der Waals surface area (Å²) in [5, 5.41) is 3.20. The van der Waals surface area contributed by atoms with Gasteiger partial charge in [-0.1, -0.05) is 0 Å². The Morgan fingerprint density at radius 1 is 1.19 bits per heavy atom. The summed E-state index contributed by atoms with van der Waals surface area (Å²) in [6.07, 6.45) is 5.90. The van der Waals surface area contributed by atoms with Gasteiger partial charge in [0, 0.05) is 31.9 Å². The molecule has 0 amide bonds. The van der Waals surface area contributed by atoms with E-state index in [1.54, 1.807) is 6.33 Å². The first-order chi connectivity index (χ1) is 12.5. The van der Waals surface area contributed by atoms with Crippen molar-refractivity contribution >= 4 is 17.6 Å². The molecule has 9 nitrogen and oxygen atoms in total. The van der Waals surface area contributed by atoms with Gasteiger partial charge >= 0.3 is 0 Å². The van der Waals surface area contributed by atoms with Gasteiger partial charge in [-0.05, 0) is 6.92 Å². The molecule has 0 radical (unpaired) electrons. The second-order valence-corrected chi connectivity index (χ2v) is 6.25. The van der Waals surface area contributed by atoms with Crippen LogP contribution in [0.4, 0.5) is 22.0 Å². The van der Waals surface area contributed by atoms with E-state index >= 15 is 0 Å². The molecule has 0 aliphatic carbocycles. The summed E-state index contributed by atoms with van der Waals surface area (Å²) in [7, 11) is 1.89. The third-order valence-corrected chi connectivity index (χ3v) is 4.34. The molecule has 0 saturated heterocycles. The van der Waals surface area contributed by atoms with E-state index < -0.39 is 5.82 Å². The van der Waals surface area contributed by atoms with Gasteiger partial charge in [0.25, 0.3) is 0 Å². The van der Waals surface area contributed by atoms with Crippen molar-refractivity contribution in [2.24, 2.45) is 7.05 Å². The van der Waals surface area contributed by atoms with Gasteiger partial charge in [-0.15, -0.1) is 0 Å². The Bertz CT molecular complexity index is 937. The molecule has 3 aromatic heterocycles. The highest BCUT2D eigenvalue weighted by molar-refractivity contribution is 5.59. The molecule has 3 aromatic rings. The standard InChI is InChI=1S/C16H18FN9/c1-9(14-19-3-10(17)4-20-14)26-5-11-12(6-26)22-16(18)24-15(11)23-13-7-25(2)8-21-13/h3-4,7-9H,5-6H2,1-2H3,(H3,18,22,23,24)/t9-/m1/s1. The normalized spacial score (nSPS) is 15.0. The van der Waals surface area contributed by atoms with Gasteiger partial charge in [-0.3, -0.25) is 4.90 Å². The number of fused-ring (bicyclic) bond motifs is 1. The minimum absolute atomic E-state index is 0.103. The summed E-state index contributed by atoms with van der Waals surface area (Å²) in [4.78, 5) is 23.2. The minimum atomic E-state index is -0.453. The van der Waals surface area contributed by atoms with Gasteiger partial charge in [0.2, 0.25) is 5.95 Å². The lowest BCUT2D eigenvalue weighted by atomic mass is 10.2. The lowest BCUT2D eigenvalue weighted by Gasteiger charge is -2.21. The first kappa shape index (κ1) is 16.3. The Morgan fingerprint density at radius 2 is 1.96 bits per heavy atom. The second-order valence-electron chi connectivity index (χ2n) is 6.25. The van der Waals surface area contributed by atoms with E-state index in [9.17, 15) is 4.39 Å². The monoisotopic (exact) mass is 355 g/mol. The molecule has 134 valence electrons. The molecular formula is C16H18FN9. The van der Waals surface area contributed by atoms with Crippen molar-refractivity contribution in [1.29, 1.82) is 0 Å². The van der Waals surface area contributed by atoms with Crippen LogP contribution in [0.1, 0.15) is 30.0 Å². The highest BCUT2D eigenvalue weighted by Gasteiger charge is 2.30. The predicted octanol–water partition coefficient (Wildman–Crippen LogP) is 1.54. The average molecular weight is 355 g/mol. The van der Waals surface area contributed by atoms with E-state index in [4.69, 9.17) is 5.73 Å². The molecule has 26 heavy (non-hydrogen) atoms. The lowest BCUT2D eigenvalue weighted by Crippen LogP contribution is -2.22. The number of aromatic nitrogens is 6. The van der Waals surface area contributed by atoms with Crippen molar-refractivity contribution in [1.82, 2.24) is 34.4 Å². The van der Waals surface area contributed by atoms with E-state index in [0.29, 0.717) is 30.5 Å². The number of nitrogens with two attached hydrogens (primary N) is 1. The van der Waals surface area contributed by atoms with Gasteiger partial charge in [0.1, 0.15) is 17.5 Å². The zero-order valence-corrected chi connectivity index (χ0v) is 14.4. The Labute approximate surface area is 149 Å². The molecule has 0 aromatic carbocycles. The topological polar surface area (TPSA) is 111 Å². The Hall–Kier alpha value is -3.14. The fraction of sp³-hybridized carbons (Fsp3) is 0.312. The minimum Gasteiger partial charge on any atom is -0.368 e. The Kier molecular flexibility index (Phi) is 3.96. The quantitative estimate of drug-likeness (QED) is 0.725. The van der Waals surface area contributed by atoms with E-state index in [-0.39, 0.29) is 12.0 Å². The van der Waals surface area contributed by atoms with Gasteiger partial charge in [-0.25, -0.2) is 24.3 Å². The third-order valence-electron chi connectivity index (χ3n) is 4.34. The second kappa shape index (κ2) is 6.30. The molecule has 0 bridgehead atoms. The van der Waals surface area contributed by atoms with Crippen LogP contribution in [0, 0.1) is 5.82 Å². The molecule has 1 aliphatic heterocycles. The van der Waals surface area contributed by atoms with Gasteiger partial charge in [0.15, 0.2) is 5.82 Å². The average Bonchev–Trinajstić information content (AvgIpc) is 3.21. The molecule has 1 atom stereocenters. The zero-order chi connectivity index (χ0) is 18.3. The molecule has 4 rings (SSSR count). The summed E-state index contributed by atoms with van der Waals surface area (Å²) in [6, 6.07) is -0.103. The first-order valence-electron chi connectivity index (χ1n) is 8.11. The van der Waals surface area contributed by atoms with Gasteiger partial charge in [0.05, 0.1) is 30.5 Å². The van der Waals surface area contributed by atoms with Crippen molar-refractivity contribution in [2.75, 3.05) is 11.1 Å². The molecule has 0 saturated carbocycles. The fourth-order valence-electron chi connectivity index (χ4n) is 2.97. The molecule has 3 N–H and O–H groups in total. The number of nitrogens with one attached hydrogen (secondary N) is 1. The van der Waals surface area contributed by atoms with Crippen LogP contribution < -0.4 is 11.1 Å².